The molecule has 1 heterocycles. The predicted octanol–water partition coefficient (Wildman–Crippen LogP) is 1.65. The molecule has 1 aromatic rings. The van der Waals surface area contributed by atoms with Crippen molar-refractivity contribution in [3.05, 3.63) is 0 Å². The van der Waals surface area contributed by atoms with E-state index < -0.39 is 0 Å². The van der Waals surface area contributed by atoms with Gasteiger partial charge < -0.3 is 5.11 Å². The van der Waals surface area contributed by atoms with Crippen LogP contribution < -0.4 is 0 Å². The molecular formula is C10H18N4OS. The van der Waals surface area contributed by atoms with E-state index in [2.05, 4.69) is 15.5 Å². The second-order valence-corrected chi connectivity index (χ2v) is 5.19. The van der Waals surface area contributed by atoms with Gasteiger partial charge in [0, 0.05) is 12.4 Å². The van der Waals surface area contributed by atoms with Crippen molar-refractivity contribution in [2.45, 2.75) is 49.7 Å². The van der Waals surface area contributed by atoms with Crippen LogP contribution in [0.1, 0.15) is 44.6 Å². The average molecular weight is 242 g/mol. The summed E-state index contributed by atoms with van der Waals surface area (Å²) < 4.78 is 1.97. The lowest BCUT2D eigenvalue weighted by atomic mass is 9.96. The van der Waals surface area contributed by atoms with Crippen molar-refractivity contribution in [1.82, 2.24) is 20.2 Å². The highest BCUT2D eigenvalue weighted by Crippen LogP contribution is 2.30. The van der Waals surface area contributed by atoms with Crippen LogP contribution in [0.3, 0.4) is 0 Å². The summed E-state index contributed by atoms with van der Waals surface area (Å²) in [5, 5.41) is 21.5. The first-order valence-corrected chi connectivity index (χ1v) is 6.92. The molecule has 1 aliphatic rings. The molecule has 0 amide bonds. The Morgan fingerprint density at radius 2 is 2.12 bits per heavy atom. The summed E-state index contributed by atoms with van der Waals surface area (Å²) in [6, 6.07) is 0.486. The number of hydrogen-bond acceptors (Lipinski definition) is 5. The lowest BCUT2D eigenvalue weighted by Gasteiger charge is -2.21. The molecule has 0 bridgehead atoms. The van der Waals surface area contributed by atoms with Gasteiger partial charge in [-0.2, -0.15) is 0 Å². The highest BCUT2D eigenvalue weighted by Gasteiger charge is 2.19. The quantitative estimate of drug-likeness (QED) is 0.628. The molecule has 0 aliphatic heterocycles. The van der Waals surface area contributed by atoms with Crippen LogP contribution in [0.2, 0.25) is 0 Å². The Morgan fingerprint density at radius 3 is 2.88 bits per heavy atom. The smallest absolute Gasteiger partial charge is 0.209 e. The molecule has 1 N–H and O–H groups in total. The van der Waals surface area contributed by atoms with Gasteiger partial charge in [-0.15, -0.1) is 5.10 Å². The van der Waals surface area contributed by atoms with Crippen LogP contribution >= 0.6 is 11.8 Å². The third kappa shape index (κ3) is 2.95. The third-order valence-electron chi connectivity index (χ3n) is 2.92. The number of nitrogens with zero attached hydrogens (tertiary/aromatic N) is 4. The molecule has 16 heavy (non-hydrogen) atoms. The summed E-state index contributed by atoms with van der Waals surface area (Å²) in [6.45, 7) is 0.234. The maximum Gasteiger partial charge on any atom is 0.209 e. The Labute approximate surface area is 99.6 Å². The van der Waals surface area contributed by atoms with Gasteiger partial charge in [0.2, 0.25) is 5.16 Å². The van der Waals surface area contributed by atoms with E-state index in [9.17, 15) is 0 Å². The zero-order valence-corrected chi connectivity index (χ0v) is 10.2. The molecule has 1 aliphatic carbocycles. The molecule has 5 nitrogen and oxygen atoms in total. The van der Waals surface area contributed by atoms with E-state index in [1.807, 2.05) is 4.68 Å². The minimum Gasteiger partial charge on any atom is -0.396 e. The second-order valence-electron chi connectivity index (χ2n) is 4.12. The van der Waals surface area contributed by atoms with Crippen molar-refractivity contribution in [1.29, 1.82) is 0 Å². The minimum absolute atomic E-state index is 0.234. The van der Waals surface area contributed by atoms with Crippen LogP contribution in [0, 0.1) is 0 Å². The van der Waals surface area contributed by atoms with Gasteiger partial charge in [0.05, 0.1) is 6.04 Å². The van der Waals surface area contributed by atoms with Gasteiger partial charge in [-0.1, -0.05) is 31.0 Å². The second kappa shape index (κ2) is 6.20. The first-order chi connectivity index (χ1) is 7.92. The lowest BCUT2D eigenvalue weighted by molar-refractivity contribution is 0.295. The maximum absolute atomic E-state index is 8.74. The Balaban J connectivity index is 1.94. The van der Waals surface area contributed by atoms with Crippen molar-refractivity contribution in [2.75, 3.05) is 12.4 Å². The Bertz CT molecular complexity index is 312. The van der Waals surface area contributed by atoms with Gasteiger partial charge >= 0.3 is 0 Å². The number of aromatic nitrogens is 4. The minimum atomic E-state index is 0.234. The van der Waals surface area contributed by atoms with Crippen molar-refractivity contribution in [3.8, 4) is 0 Å². The van der Waals surface area contributed by atoms with E-state index in [0.29, 0.717) is 6.04 Å². The highest BCUT2D eigenvalue weighted by atomic mass is 32.2. The number of tetrazole rings is 1. The largest absolute Gasteiger partial charge is 0.396 e. The summed E-state index contributed by atoms with van der Waals surface area (Å²) >= 11 is 1.64. The Kier molecular flexibility index (Phi) is 4.59. The topological polar surface area (TPSA) is 63.8 Å². The fourth-order valence-corrected chi connectivity index (χ4v) is 2.93. The highest BCUT2D eigenvalue weighted by molar-refractivity contribution is 7.99. The Hall–Kier alpha value is -0.620. The van der Waals surface area contributed by atoms with E-state index in [4.69, 9.17) is 5.11 Å². The van der Waals surface area contributed by atoms with Crippen LogP contribution in [0.5, 0.6) is 0 Å². The number of thioether (sulfide) groups is 1. The monoisotopic (exact) mass is 242 g/mol. The van der Waals surface area contributed by atoms with Crippen LogP contribution in [0.25, 0.3) is 0 Å². The third-order valence-corrected chi connectivity index (χ3v) is 3.94. The lowest BCUT2D eigenvalue weighted by Crippen LogP contribution is -2.15. The number of aliphatic hydroxyl groups excluding tert-OH is 1. The van der Waals surface area contributed by atoms with Gasteiger partial charge in [0.15, 0.2) is 0 Å². The van der Waals surface area contributed by atoms with Crippen LogP contribution in [-0.4, -0.2) is 37.7 Å². The molecular weight excluding hydrogens is 224 g/mol. The fraction of sp³-hybridized carbons (Fsp3) is 0.900. The van der Waals surface area contributed by atoms with Gasteiger partial charge in [-0.3, -0.25) is 0 Å². The summed E-state index contributed by atoms with van der Waals surface area (Å²) in [6.07, 6.45) is 7.08. The summed E-state index contributed by atoms with van der Waals surface area (Å²) in [7, 11) is 0. The van der Waals surface area contributed by atoms with Crippen LogP contribution in [-0.2, 0) is 0 Å². The normalized spacial score (nSPS) is 17.8. The Morgan fingerprint density at radius 1 is 1.31 bits per heavy atom. The molecule has 0 spiro atoms. The molecule has 90 valence electrons. The van der Waals surface area contributed by atoms with Gasteiger partial charge in [0.25, 0.3) is 0 Å². The molecule has 6 heteroatoms. The molecule has 0 atom stereocenters. The summed E-state index contributed by atoms with van der Waals surface area (Å²) in [5.41, 5.74) is 0. The molecule has 1 fully saturated rings. The van der Waals surface area contributed by atoms with E-state index in [1.54, 1.807) is 11.8 Å². The molecule has 0 unspecified atom stereocenters. The van der Waals surface area contributed by atoms with E-state index in [0.717, 1.165) is 17.3 Å². The number of rotatable bonds is 5. The number of hydrogen-bond donors (Lipinski definition) is 1. The van der Waals surface area contributed by atoms with E-state index in [-0.39, 0.29) is 6.61 Å². The van der Waals surface area contributed by atoms with E-state index >= 15 is 0 Å². The van der Waals surface area contributed by atoms with Crippen molar-refractivity contribution in [2.24, 2.45) is 0 Å². The summed E-state index contributed by atoms with van der Waals surface area (Å²) in [5.74, 6) is 0.879. The van der Waals surface area contributed by atoms with Gasteiger partial charge in [-0.05, 0) is 29.7 Å². The van der Waals surface area contributed by atoms with E-state index in [1.165, 1.54) is 32.1 Å². The molecule has 1 saturated carbocycles. The van der Waals surface area contributed by atoms with Crippen molar-refractivity contribution >= 4 is 11.8 Å². The summed E-state index contributed by atoms with van der Waals surface area (Å²) in [4.78, 5) is 0. The zero-order chi connectivity index (χ0) is 11.2. The van der Waals surface area contributed by atoms with Crippen molar-refractivity contribution in [3.63, 3.8) is 0 Å². The molecule has 0 saturated heterocycles. The molecule has 0 radical (unpaired) electrons. The van der Waals surface area contributed by atoms with Gasteiger partial charge in [0.1, 0.15) is 0 Å². The average Bonchev–Trinajstić information content (AvgIpc) is 2.79. The maximum atomic E-state index is 8.74. The molecule has 0 aromatic carbocycles. The van der Waals surface area contributed by atoms with Crippen LogP contribution in [0.15, 0.2) is 5.16 Å². The molecule has 1 aromatic heterocycles. The van der Waals surface area contributed by atoms with Gasteiger partial charge in [-0.25, -0.2) is 4.68 Å². The standard InChI is InChI=1S/C10H18N4OS/c15-7-4-8-16-10-11-12-13-14(10)9-5-2-1-3-6-9/h9,15H,1-8H2. The SMILES string of the molecule is OCCCSc1nnnn1C1CCCCC1. The van der Waals surface area contributed by atoms with Crippen LogP contribution in [0.4, 0.5) is 0 Å². The van der Waals surface area contributed by atoms with Crippen molar-refractivity contribution < 1.29 is 5.11 Å². The predicted molar refractivity (Wildman–Crippen MR) is 62.4 cm³/mol. The number of aliphatic hydroxyl groups is 1. The zero-order valence-electron chi connectivity index (χ0n) is 9.38. The fourth-order valence-electron chi connectivity index (χ4n) is 2.06. The first-order valence-electron chi connectivity index (χ1n) is 5.93. The molecule has 2 rings (SSSR count). The first kappa shape index (κ1) is 11.9.